The molecule has 1 aliphatic heterocycles. The predicted molar refractivity (Wildman–Crippen MR) is 102 cm³/mol. The maximum Gasteiger partial charge on any atom is 0.410 e. The van der Waals surface area contributed by atoms with Crippen LogP contribution < -0.4 is 5.32 Å². The van der Waals surface area contributed by atoms with Gasteiger partial charge in [0.1, 0.15) is 11.4 Å². The number of amides is 2. The highest BCUT2D eigenvalue weighted by Gasteiger charge is 2.37. The van der Waals surface area contributed by atoms with Crippen molar-refractivity contribution in [3.8, 4) is 11.4 Å². The molecule has 2 aromatic rings. The maximum absolute atomic E-state index is 13.3. The predicted octanol–water partition coefficient (Wildman–Crippen LogP) is 1.99. The number of aliphatic hydroxyl groups is 1. The minimum atomic E-state index is -0.918. The molecule has 0 aliphatic carbocycles. The molecular weight excluding hydrogens is 379 g/mol. The molecule has 154 valence electrons. The smallest absolute Gasteiger partial charge is 0.410 e. The summed E-state index contributed by atoms with van der Waals surface area (Å²) in [7, 11) is 0. The van der Waals surface area contributed by atoms with Gasteiger partial charge in [-0.1, -0.05) is 12.1 Å². The molecular formula is C20H23FN4O4. The molecule has 1 fully saturated rings. The topological polar surface area (TPSA) is 105 Å². The summed E-state index contributed by atoms with van der Waals surface area (Å²) < 4.78 is 18.6. The summed E-state index contributed by atoms with van der Waals surface area (Å²) in [5.41, 5.74) is 0.0358. The second-order valence-electron chi connectivity index (χ2n) is 7.84. The zero-order valence-electron chi connectivity index (χ0n) is 16.4. The van der Waals surface area contributed by atoms with E-state index in [4.69, 9.17) is 4.74 Å². The molecule has 2 atom stereocenters. The normalized spacial score (nSPS) is 19.1. The third-order valence-corrected chi connectivity index (χ3v) is 4.25. The lowest BCUT2D eigenvalue weighted by Gasteiger charge is -2.24. The third kappa shape index (κ3) is 5.26. The highest BCUT2D eigenvalue weighted by Crippen LogP contribution is 2.17. The molecule has 0 saturated carbocycles. The number of β-amino-alcohol motifs (C(OH)–C–C–N with tert-alkyl or cyclic N) is 1. The van der Waals surface area contributed by atoms with E-state index in [1.807, 2.05) is 0 Å². The van der Waals surface area contributed by atoms with Gasteiger partial charge in [0, 0.05) is 24.5 Å². The second kappa shape index (κ2) is 8.12. The second-order valence-corrected chi connectivity index (χ2v) is 7.84. The van der Waals surface area contributed by atoms with Crippen molar-refractivity contribution in [1.82, 2.24) is 20.2 Å². The molecule has 0 spiro atoms. The van der Waals surface area contributed by atoms with E-state index < -0.39 is 35.6 Å². The van der Waals surface area contributed by atoms with E-state index in [0.29, 0.717) is 5.56 Å². The maximum atomic E-state index is 13.3. The van der Waals surface area contributed by atoms with Gasteiger partial charge in [0.05, 0.1) is 24.3 Å². The molecule has 3 rings (SSSR count). The van der Waals surface area contributed by atoms with E-state index in [-0.39, 0.29) is 24.5 Å². The summed E-state index contributed by atoms with van der Waals surface area (Å²) in [6.07, 6.45) is 1.19. The van der Waals surface area contributed by atoms with E-state index in [0.717, 1.165) is 0 Å². The van der Waals surface area contributed by atoms with Gasteiger partial charge in [-0.3, -0.25) is 4.79 Å². The van der Waals surface area contributed by atoms with E-state index in [2.05, 4.69) is 15.3 Å². The quantitative estimate of drug-likeness (QED) is 0.814. The highest BCUT2D eigenvalue weighted by atomic mass is 19.1. The van der Waals surface area contributed by atoms with Crippen molar-refractivity contribution in [3.63, 3.8) is 0 Å². The number of hydrogen-bond donors (Lipinski definition) is 2. The van der Waals surface area contributed by atoms with Crippen LogP contribution in [0.1, 0.15) is 31.1 Å². The van der Waals surface area contributed by atoms with Crippen LogP contribution in [0.15, 0.2) is 36.7 Å². The van der Waals surface area contributed by atoms with Crippen LogP contribution in [-0.4, -0.2) is 62.8 Å². The van der Waals surface area contributed by atoms with Crippen LogP contribution in [-0.2, 0) is 4.74 Å². The number of ether oxygens (including phenoxy) is 1. The number of nitrogens with one attached hydrogen (secondary N) is 1. The zero-order valence-corrected chi connectivity index (χ0v) is 16.4. The number of rotatable bonds is 3. The monoisotopic (exact) mass is 402 g/mol. The summed E-state index contributed by atoms with van der Waals surface area (Å²) in [5.74, 6) is -0.596. The lowest BCUT2D eigenvalue weighted by atomic mass is 10.2. The van der Waals surface area contributed by atoms with Gasteiger partial charge in [-0.15, -0.1) is 0 Å². The Balaban J connectivity index is 1.62. The number of benzene rings is 1. The first-order valence-corrected chi connectivity index (χ1v) is 9.17. The Kier molecular flexibility index (Phi) is 5.78. The Bertz CT molecular complexity index is 898. The molecule has 2 heterocycles. The number of hydrogen-bond acceptors (Lipinski definition) is 6. The van der Waals surface area contributed by atoms with Gasteiger partial charge >= 0.3 is 6.09 Å². The van der Waals surface area contributed by atoms with Crippen molar-refractivity contribution < 1.29 is 23.8 Å². The van der Waals surface area contributed by atoms with Gasteiger partial charge in [-0.2, -0.15) is 0 Å². The van der Waals surface area contributed by atoms with Crippen LogP contribution in [0.2, 0.25) is 0 Å². The molecule has 0 bridgehead atoms. The molecule has 2 N–H and O–H groups in total. The van der Waals surface area contributed by atoms with Gasteiger partial charge in [-0.05, 0) is 32.9 Å². The summed E-state index contributed by atoms with van der Waals surface area (Å²) in [4.78, 5) is 34.2. The van der Waals surface area contributed by atoms with Crippen molar-refractivity contribution in [2.24, 2.45) is 0 Å². The fourth-order valence-corrected chi connectivity index (χ4v) is 2.88. The van der Waals surface area contributed by atoms with Crippen LogP contribution >= 0.6 is 0 Å². The number of halogens is 1. The molecule has 1 aliphatic rings. The number of carbonyl (C=O) groups is 2. The van der Waals surface area contributed by atoms with E-state index in [9.17, 15) is 19.1 Å². The standard InChI is InChI=1S/C20H23FN4O4/c1-20(2,3)29-19(28)25-10-15(16(26)11-25)24-18(27)13-8-22-17(23-9-13)12-5-4-6-14(21)7-12/h4-9,15-16,26H,10-11H2,1-3H3,(H,24,27). The average Bonchev–Trinajstić information content (AvgIpc) is 3.01. The Morgan fingerprint density at radius 3 is 2.55 bits per heavy atom. The zero-order chi connectivity index (χ0) is 21.2. The lowest BCUT2D eigenvalue weighted by molar-refractivity contribution is 0.0269. The molecule has 0 radical (unpaired) electrons. The van der Waals surface area contributed by atoms with Crippen molar-refractivity contribution in [1.29, 1.82) is 0 Å². The van der Waals surface area contributed by atoms with E-state index >= 15 is 0 Å². The first-order chi connectivity index (χ1) is 13.6. The number of nitrogens with zero attached hydrogens (tertiary/aromatic N) is 3. The Labute approximate surface area is 167 Å². The SMILES string of the molecule is CC(C)(C)OC(=O)N1CC(O)C(NC(=O)c2cnc(-c3cccc(F)c3)nc2)C1. The van der Waals surface area contributed by atoms with Gasteiger partial charge in [0.25, 0.3) is 5.91 Å². The van der Waals surface area contributed by atoms with Crippen molar-refractivity contribution in [3.05, 3.63) is 48.0 Å². The Morgan fingerprint density at radius 2 is 1.93 bits per heavy atom. The highest BCUT2D eigenvalue weighted by molar-refractivity contribution is 5.94. The van der Waals surface area contributed by atoms with Gasteiger partial charge in [-0.25, -0.2) is 19.2 Å². The molecule has 29 heavy (non-hydrogen) atoms. The summed E-state index contributed by atoms with van der Waals surface area (Å²) in [6, 6.07) is 5.19. The fourth-order valence-electron chi connectivity index (χ4n) is 2.88. The van der Waals surface area contributed by atoms with Crippen molar-refractivity contribution in [2.75, 3.05) is 13.1 Å². The van der Waals surface area contributed by atoms with E-state index in [1.54, 1.807) is 32.9 Å². The van der Waals surface area contributed by atoms with Gasteiger partial charge in [0.2, 0.25) is 0 Å². The Hall–Kier alpha value is -3.07. The summed E-state index contributed by atoms with van der Waals surface area (Å²) in [6.45, 7) is 5.46. The first-order valence-electron chi connectivity index (χ1n) is 9.17. The molecule has 2 amide bonds. The minimum Gasteiger partial charge on any atom is -0.444 e. The van der Waals surface area contributed by atoms with Gasteiger partial charge < -0.3 is 20.1 Å². The fraction of sp³-hybridized carbons (Fsp3) is 0.400. The van der Waals surface area contributed by atoms with Crippen LogP contribution in [0.5, 0.6) is 0 Å². The molecule has 8 nitrogen and oxygen atoms in total. The number of likely N-dealkylation sites (tertiary alicyclic amines) is 1. The number of carbonyl (C=O) groups excluding carboxylic acids is 2. The van der Waals surface area contributed by atoms with Crippen LogP contribution in [0, 0.1) is 5.82 Å². The Morgan fingerprint density at radius 1 is 1.24 bits per heavy atom. The molecule has 1 aromatic carbocycles. The van der Waals surface area contributed by atoms with Gasteiger partial charge in [0.15, 0.2) is 5.82 Å². The van der Waals surface area contributed by atoms with Crippen molar-refractivity contribution >= 4 is 12.0 Å². The summed E-state index contributed by atoms with van der Waals surface area (Å²) >= 11 is 0. The van der Waals surface area contributed by atoms with Crippen LogP contribution in [0.25, 0.3) is 11.4 Å². The molecule has 9 heteroatoms. The van der Waals surface area contributed by atoms with Crippen LogP contribution in [0.4, 0.5) is 9.18 Å². The third-order valence-electron chi connectivity index (χ3n) is 4.25. The number of aromatic nitrogens is 2. The van der Waals surface area contributed by atoms with E-state index in [1.165, 1.54) is 29.4 Å². The van der Waals surface area contributed by atoms with Crippen molar-refractivity contribution in [2.45, 2.75) is 38.5 Å². The average molecular weight is 402 g/mol. The summed E-state index contributed by atoms with van der Waals surface area (Å²) in [5, 5.41) is 12.9. The van der Waals surface area contributed by atoms with Crippen LogP contribution in [0.3, 0.4) is 0 Å². The lowest BCUT2D eigenvalue weighted by Crippen LogP contribution is -2.43. The number of aliphatic hydroxyl groups excluding tert-OH is 1. The molecule has 1 aromatic heterocycles. The minimum absolute atomic E-state index is 0.0644. The molecule has 2 unspecified atom stereocenters. The molecule has 1 saturated heterocycles. The first kappa shape index (κ1) is 20.7. The largest absolute Gasteiger partial charge is 0.444 e.